The van der Waals surface area contributed by atoms with Gasteiger partial charge in [0, 0.05) is 6.54 Å². The maximum absolute atomic E-state index is 13.6. The Morgan fingerprint density at radius 2 is 1.62 bits per heavy atom. The topological polar surface area (TPSA) is 105 Å². The number of para-hydroxylation sites is 1. The molecule has 0 saturated carbocycles. The standard InChI is InChI=1S/C27H30FN3O5S/c1-3-5-18-29-27(33)24-8-6-7-9-25(24)30-26(32)19-31(21-12-10-20(28)11-13-21)37(34,35)23-16-14-22(15-17-23)36-4-2/h6-17H,3-5,18-19H2,1-2H3,(H,29,33)(H,30,32). The van der Waals surface area contributed by atoms with Crippen LogP contribution in [0.4, 0.5) is 15.8 Å². The van der Waals surface area contributed by atoms with Crippen LogP contribution in [0.2, 0.25) is 0 Å². The molecular formula is C27H30FN3O5S. The second-order valence-electron chi connectivity index (χ2n) is 8.10. The summed E-state index contributed by atoms with van der Waals surface area (Å²) in [4.78, 5) is 25.6. The molecule has 2 amide bonds. The van der Waals surface area contributed by atoms with Crippen LogP contribution in [-0.2, 0) is 14.8 Å². The largest absolute Gasteiger partial charge is 0.494 e. The van der Waals surface area contributed by atoms with Crippen LogP contribution < -0.4 is 19.7 Å². The van der Waals surface area contributed by atoms with Gasteiger partial charge in [-0.2, -0.15) is 0 Å². The molecule has 0 aliphatic rings. The fourth-order valence-corrected chi connectivity index (χ4v) is 4.93. The summed E-state index contributed by atoms with van der Waals surface area (Å²) < 4.78 is 46.9. The SMILES string of the molecule is CCCCNC(=O)c1ccccc1NC(=O)CN(c1ccc(F)cc1)S(=O)(=O)c1ccc(OCC)cc1. The lowest BCUT2D eigenvalue weighted by Crippen LogP contribution is -2.38. The summed E-state index contributed by atoms with van der Waals surface area (Å²) in [6.45, 7) is 4.14. The van der Waals surface area contributed by atoms with Gasteiger partial charge < -0.3 is 15.4 Å². The first-order valence-corrected chi connectivity index (χ1v) is 13.4. The minimum absolute atomic E-state index is 0.0659. The molecule has 0 aliphatic heterocycles. The van der Waals surface area contributed by atoms with Gasteiger partial charge in [-0.3, -0.25) is 13.9 Å². The lowest BCUT2D eigenvalue weighted by molar-refractivity contribution is -0.114. The maximum atomic E-state index is 13.6. The molecule has 37 heavy (non-hydrogen) atoms. The van der Waals surface area contributed by atoms with Crippen molar-refractivity contribution in [3.63, 3.8) is 0 Å². The zero-order valence-electron chi connectivity index (χ0n) is 20.7. The van der Waals surface area contributed by atoms with Crippen LogP contribution in [0, 0.1) is 5.82 Å². The number of nitrogens with one attached hydrogen (secondary N) is 2. The van der Waals surface area contributed by atoms with Crippen molar-refractivity contribution in [2.75, 3.05) is 29.3 Å². The van der Waals surface area contributed by atoms with Crippen molar-refractivity contribution >= 4 is 33.2 Å². The van der Waals surface area contributed by atoms with Crippen molar-refractivity contribution in [2.45, 2.75) is 31.6 Å². The van der Waals surface area contributed by atoms with Crippen LogP contribution in [0.15, 0.2) is 77.7 Å². The van der Waals surface area contributed by atoms with Gasteiger partial charge in [-0.05, 0) is 74.0 Å². The minimum atomic E-state index is -4.21. The molecule has 2 N–H and O–H groups in total. The number of nitrogens with zero attached hydrogens (tertiary/aromatic N) is 1. The first-order valence-electron chi connectivity index (χ1n) is 11.9. The van der Waals surface area contributed by atoms with Gasteiger partial charge in [0.25, 0.3) is 15.9 Å². The minimum Gasteiger partial charge on any atom is -0.494 e. The van der Waals surface area contributed by atoms with Gasteiger partial charge >= 0.3 is 0 Å². The summed E-state index contributed by atoms with van der Waals surface area (Å²) in [5.41, 5.74) is 0.615. The molecule has 0 heterocycles. The number of ether oxygens (including phenoxy) is 1. The third kappa shape index (κ3) is 7.29. The number of rotatable bonds is 12. The van der Waals surface area contributed by atoms with E-state index in [1.807, 2.05) is 13.8 Å². The quantitative estimate of drug-likeness (QED) is 0.335. The molecule has 0 spiro atoms. The lowest BCUT2D eigenvalue weighted by Gasteiger charge is -2.24. The Hall–Kier alpha value is -3.92. The lowest BCUT2D eigenvalue weighted by atomic mass is 10.1. The van der Waals surface area contributed by atoms with E-state index in [-0.39, 0.29) is 27.7 Å². The highest BCUT2D eigenvalue weighted by Crippen LogP contribution is 2.26. The summed E-state index contributed by atoms with van der Waals surface area (Å²) in [5.74, 6) is -1.06. The van der Waals surface area contributed by atoms with Crippen LogP contribution >= 0.6 is 0 Å². The van der Waals surface area contributed by atoms with E-state index in [2.05, 4.69) is 10.6 Å². The number of hydrogen-bond donors (Lipinski definition) is 2. The Balaban J connectivity index is 1.88. The fraction of sp³-hybridized carbons (Fsp3) is 0.259. The van der Waals surface area contributed by atoms with Crippen LogP contribution in [0.3, 0.4) is 0 Å². The molecule has 3 aromatic rings. The molecule has 0 unspecified atom stereocenters. The highest BCUT2D eigenvalue weighted by atomic mass is 32.2. The average Bonchev–Trinajstić information content (AvgIpc) is 2.89. The molecule has 0 fully saturated rings. The molecule has 0 radical (unpaired) electrons. The second-order valence-corrected chi connectivity index (χ2v) is 9.96. The molecular weight excluding hydrogens is 497 g/mol. The van der Waals surface area contributed by atoms with Crippen LogP contribution in [0.25, 0.3) is 0 Å². The number of halogens is 1. The molecule has 0 aliphatic carbocycles. The third-order valence-electron chi connectivity index (χ3n) is 5.39. The zero-order chi connectivity index (χ0) is 26.8. The normalized spacial score (nSPS) is 11.0. The van der Waals surface area contributed by atoms with Crippen LogP contribution in [-0.4, -0.2) is 39.9 Å². The van der Waals surface area contributed by atoms with E-state index < -0.39 is 28.3 Å². The summed E-state index contributed by atoms with van der Waals surface area (Å²) in [6, 6.07) is 17.1. The number of benzene rings is 3. The first kappa shape index (κ1) is 27.7. The van der Waals surface area contributed by atoms with E-state index in [1.165, 1.54) is 36.4 Å². The monoisotopic (exact) mass is 527 g/mol. The van der Waals surface area contributed by atoms with Gasteiger partial charge in [0.2, 0.25) is 5.91 Å². The van der Waals surface area contributed by atoms with E-state index in [1.54, 1.807) is 24.3 Å². The van der Waals surface area contributed by atoms with E-state index in [0.29, 0.717) is 18.9 Å². The van der Waals surface area contributed by atoms with Gasteiger partial charge in [0.15, 0.2) is 0 Å². The molecule has 0 aromatic heterocycles. The van der Waals surface area contributed by atoms with Crippen molar-refractivity contribution in [1.29, 1.82) is 0 Å². The number of anilines is 2. The second kappa shape index (κ2) is 12.9. The zero-order valence-corrected chi connectivity index (χ0v) is 21.6. The summed E-state index contributed by atoms with van der Waals surface area (Å²) in [7, 11) is -4.21. The van der Waals surface area contributed by atoms with E-state index in [0.717, 1.165) is 29.3 Å². The first-order chi connectivity index (χ1) is 17.8. The molecule has 3 rings (SSSR count). The van der Waals surface area contributed by atoms with E-state index in [9.17, 15) is 22.4 Å². The van der Waals surface area contributed by atoms with Gasteiger partial charge in [-0.15, -0.1) is 0 Å². The van der Waals surface area contributed by atoms with E-state index >= 15 is 0 Å². The molecule has 196 valence electrons. The van der Waals surface area contributed by atoms with Gasteiger partial charge in [0.1, 0.15) is 18.1 Å². The fourth-order valence-electron chi connectivity index (χ4n) is 3.51. The van der Waals surface area contributed by atoms with Crippen LogP contribution in [0.1, 0.15) is 37.0 Å². The van der Waals surface area contributed by atoms with Crippen molar-refractivity contribution in [1.82, 2.24) is 5.32 Å². The highest BCUT2D eigenvalue weighted by Gasteiger charge is 2.28. The van der Waals surface area contributed by atoms with Gasteiger partial charge in [-0.1, -0.05) is 25.5 Å². The summed E-state index contributed by atoms with van der Waals surface area (Å²) in [6.07, 6.45) is 1.73. The molecule has 3 aromatic carbocycles. The van der Waals surface area contributed by atoms with Crippen LogP contribution in [0.5, 0.6) is 5.75 Å². The molecule has 0 saturated heterocycles. The molecule has 10 heteroatoms. The predicted octanol–water partition coefficient (Wildman–Crippen LogP) is 4.59. The Bertz CT molecular complexity index is 1310. The van der Waals surface area contributed by atoms with Crippen molar-refractivity contribution in [3.05, 3.63) is 84.2 Å². The average molecular weight is 528 g/mol. The summed E-state index contributed by atoms with van der Waals surface area (Å²) in [5, 5.41) is 5.45. The van der Waals surface area contributed by atoms with Crippen molar-refractivity contribution in [3.8, 4) is 5.75 Å². The van der Waals surface area contributed by atoms with Crippen molar-refractivity contribution in [2.24, 2.45) is 0 Å². The Labute approximate surface area is 216 Å². The van der Waals surface area contributed by atoms with Gasteiger partial charge in [-0.25, -0.2) is 12.8 Å². The molecule has 0 bridgehead atoms. The number of hydrogen-bond acceptors (Lipinski definition) is 5. The highest BCUT2D eigenvalue weighted by molar-refractivity contribution is 7.92. The smallest absolute Gasteiger partial charge is 0.264 e. The Kier molecular flexibility index (Phi) is 9.62. The number of sulfonamides is 1. The molecule has 8 nitrogen and oxygen atoms in total. The number of carbonyl (C=O) groups is 2. The summed E-state index contributed by atoms with van der Waals surface area (Å²) >= 11 is 0. The van der Waals surface area contributed by atoms with Gasteiger partial charge in [0.05, 0.1) is 28.4 Å². The number of unbranched alkanes of at least 4 members (excludes halogenated alkanes) is 1. The third-order valence-corrected chi connectivity index (χ3v) is 7.17. The maximum Gasteiger partial charge on any atom is 0.264 e. The number of carbonyl (C=O) groups excluding carboxylic acids is 2. The van der Waals surface area contributed by atoms with E-state index in [4.69, 9.17) is 4.74 Å². The predicted molar refractivity (Wildman–Crippen MR) is 141 cm³/mol. The number of amides is 2. The molecule has 0 atom stereocenters. The Morgan fingerprint density at radius 3 is 2.27 bits per heavy atom. The Morgan fingerprint density at radius 1 is 0.946 bits per heavy atom. The van der Waals surface area contributed by atoms with Crippen molar-refractivity contribution < 1.29 is 27.1 Å².